The molecule has 0 unspecified atom stereocenters. The lowest BCUT2D eigenvalue weighted by Gasteiger charge is -2.38. The number of nitrogens with zero attached hydrogens (tertiary/aromatic N) is 5. The molecule has 1 aromatic heterocycles. The molecule has 3 aromatic rings. The maximum Gasteiger partial charge on any atom is 0.255 e. The van der Waals surface area contributed by atoms with Crippen molar-refractivity contribution in [1.29, 1.82) is 5.26 Å². The fourth-order valence-corrected chi connectivity index (χ4v) is 6.08. The van der Waals surface area contributed by atoms with Crippen molar-refractivity contribution in [2.45, 2.75) is 45.0 Å². The number of carbonyl (C=O) groups is 2. The van der Waals surface area contributed by atoms with Crippen molar-refractivity contribution in [3.05, 3.63) is 101 Å². The number of fused-ring (bicyclic) bond motifs is 1. The molecule has 4 heterocycles. The van der Waals surface area contributed by atoms with Gasteiger partial charge >= 0.3 is 0 Å². The van der Waals surface area contributed by atoms with Crippen molar-refractivity contribution in [3.63, 3.8) is 0 Å². The molecular weight excluding hydrogens is 547 g/mol. The minimum Gasteiger partial charge on any atom is -0.489 e. The van der Waals surface area contributed by atoms with Gasteiger partial charge in [-0.2, -0.15) is 5.26 Å². The smallest absolute Gasteiger partial charge is 0.255 e. The van der Waals surface area contributed by atoms with E-state index in [0.29, 0.717) is 61.9 Å². The Morgan fingerprint density at radius 2 is 1.93 bits per heavy atom. The zero-order valence-electron chi connectivity index (χ0n) is 24.1. The number of pyridine rings is 1. The van der Waals surface area contributed by atoms with E-state index < -0.39 is 11.9 Å². The van der Waals surface area contributed by atoms with Gasteiger partial charge in [0.15, 0.2) is 11.6 Å². The molecule has 43 heavy (non-hydrogen) atoms. The SMILES string of the molecule is C=C1CC[C@H](N2Cc3c(OCc4ccc([C@@H](C)N5CCN(c6ncc(C#N)cc6F)CC5)cc4)cccc3C2=O)C(=O)N1. The standard InChI is InChI=1S/C33H33FN6O3/c1-21-6-11-29(32(41)37-21)40-19-27-26(33(40)42)4-3-5-30(27)43-20-23-7-9-25(10-8-23)22(2)38-12-14-39(15-13-38)31-28(34)16-24(17-35)18-36-31/h3-5,7-10,16,18,22,29H,1,6,11-15,19-20H2,2H3,(H,37,41)/t22-,29+/m1/s1. The number of nitrogens with one attached hydrogen (secondary N) is 1. The molecule has 0 bridgehead atoms. The highest BCUT2D eigenvalue weighted by molar-refractivity contribution is 6.02. The van der Waals surface area contributed by atoms with Crippen molar-refractivity contribution in [1.82, 2.24) is 20.1 Å². The van der Waals surface area contributed by atoms with Crippen molar-refractivity contribution in [3.8, 4) is 11.8 Å². The monoisotopic (exact) mass is 580 g/mol. The number of nitriles is 1. The Balaban J connectivity index is 1.05. The van der Waals surface area contributed by atoms with Crippen molar-refractivity contribution >= 4 is 17.6 Å². The number of allylic oxidation sites excluding steroid dienone is 1. The molecule has 0 spiro atoms. The predicted molar refractivity (Wildman–Crippen MR) is 159 cm³/mol. The van der Waals surface area contributed by atoms with Gasteiger partial charge in [-0.1, -0.05) is 36.9 Å². The summed E-state index contributed by atoms with van der Waals surface area (Å²) in [5, 5.41) is 11.7. The molecule has 3 aliphatic heterocycles. The largest absolute Gasteiger partial charge is 0.489 e. The number of anilines is 1. The molecule has 2 saturated heterocycles. The van der Waals surface area contributed by atoms with Gasteiger partial charge in [0.1, 0.15) is 24.5 Å². The van der Waals surface area contributed by atoms with Crippen molar-refractivity contribution in [2.24, 2.45) is 0 Å². The van der Waals surface area contributed by atoms with E-state index in [1.807, 2.05) is 23.1 Å². The molecule has 2 amide bonds. The number of amides is 2. The lowest BCUT2D eigenvalue weighted by atomic mass is 10.0. The van der Waals surface area contributed by atoms with Gasteiger partial charge in [0.25, 0.3) is 5.91 Å². The minimum absolute atomic E-state index is 0.148. The molecule has 1 N–H and O–H groups in total. The zero-order chi connectivity index (χ0) is 30.1. The molecule has 220 valence electrons. The summed E-state index contributed by atoms with van der Waals surface area (Å²) in [6.45, 7) is 9.51. The van der Waals surface area contributed by atoms with Crippen LogP contribution in [0.5, 0.6) is 5.75 Å². The lowest BCUT2D eigenvalue weighted by molar-refractivity contribution is -0.126. The second kappa shape index (κ2) is 11.9. The molecule has 2 fully saturated rings. The summed E-state index contributed by atoms with van der Waals surface area (Å²) in [6, 6.07) is 16.6. The van der Waals surface area contributed by atoms with Crippen LogP contribution in [0.1, 0.15) is 58.4 Å². The van der Waals surface area contributed by atoms with E-state index in [4.69, 9.17) is 10.00 Å². The summed E-state index contributed by atoms with van der Waals surface area (Å²) in [7, 11) is 0. The first-order valence-electron chi connectivity index (χ1n) is 14.5. The summed E-state index contributed by atoms with van der Waals surface area (Å²) >= 11 is 0. The number of carbonyl (C=O) groups excluding carboxylic acids is 2. The van der Waals surface area contributed by atoms with Gasteiger partial charge in [0, 0.05) is 55.2 Å². The number of aromatic nitrogens is 1. The average Bonchev–Trinajstić information content (AvgIpc) is 3.36. The number of ether oxygens (including phenoxy) is 1. The Morgan fingerprint density at radius 3 is 2.63 bits per heavy atom. The molecule has 0 aliphatic carbocycles. The first-order valence-corrected chi connectivity index (χ1v) is 14.5. The van der Waals surface area contributed by atoms with Crippen molar-refractivity contribution in [2.75, 3.05) is 31.1 Å². The van der Waals surface area contributed by atoms with Crippen LogP contribution in [-0.2, 0) is 17.9 Å². The van der Waals surface area contributed by atoms with Gasteiger partial charge in [-0.25, -0.2) is 9.37 Å². The fraction of sp³-hybridized carbons (Fsp3) is 0.333. The van der Waals surface area contributed by atoms with E-state index in [9.17, 15) is 14.0 Å². The Kier molecular flexibility index (Phi) is 7.82. The first kappa shape index (κ1) is 28.4. The van der Waals surface area contributed by atoms with Gasteiger partial charge in [-0.15, -0.1) is 0 Å². The highest BCUT2D eigenvalue weighted by Crippen LogP contribution is 2.34. The van der Waals surface area contributed by atoms with E-state index >= 15 is 0 Å². The molecule has 0 radical (unpaired) electrons. The fourth-order valence-electron chi connectivity index (χ4n) is 6.08. The molecule has 0 saturated carbocycles. The number of piperazine rings is 1. The van der Waals surface area contributed by atoms with E-state index in [1.165, 1.54) is 17.8 Å². The molecule has 2 aromatic carbocycles. The maximum absolute atomic E-state index is 14.4. The van der Waals surface area contributed by atoms with Crippen molar-refractivity contribution < 1.29 is 18.7 Å². The number of hydrogen-bond acceptors (Lipinski definition) is 7. The minimum atomic E-state index is -0.510. The van der Waals surface area contributed by atoms with Crippen LogP contribution in [0.4, 0.5) is 10.2 Å². The second-order valence-electron chi connectivity index (χ2n) is 11.2. The molecular formula is C33H33FN6O3. The normalized spacial score (nSPS) is 19.6. The van der Waals surface area contributed by atoms with Crippen LogP contribution in [0.3, 0.4) is 0 Å². The van der Waals surface area contributed by atoms with Gasteiger partial charge in [0.2, 0.25) is 5.91 Å². The third kappa shape index (κ3) is 5.68. The summed E-state index contributed by atoms with van der Waals surface area (Å²) in [6.07, 6.45) is 2.63. The molecule has 3 aliphatic rings. The van der Waals surface area contributed by atoms with E-state index in [1.54, 1.807) is 11.0 Å². The Hall–Kier alpha value is -4.75. The van der Waals surface area contributed by atoms with E-state index in [0.717, 1.165) is 24.2 Å². The Labute approximate surface area is 250 Å². The van der Waals surface area contributed by atoms with Crippen LogP contribution in [0, 0.1) is 17.1 Å². The molecule has 2 atom stereocenters. The summed E-state index contributed by atoms with van der Waals surface area (Å²) in [5.41, 5.74) is 4.48. The quantitative estimate of drug-likeness (QED) is 0.445. The van der Waals surface area contributed by atoms with E-state index in [2.05, 4.69) is 53.0 Å². The van der Waals surface area contributed by atoms with Crippen LogP contribution in [0.25, 0.3) is 0 Å². The second-order valence-corrected chi connectivity index (χ2v) is 11.2. The number of rotatable bonds is 7. The number of halogens is 1. The van der Waals surface area contributed by atoms with Crippen LogP contribution < -0.4 is 15.0 Å². The highest BCUT2D eigenvalue weighted by Gasteiger charge is 2.39. The predicted octanol–water partition coefficient (Wildman–Crippen LogP) is 4.30. The molecule has 10 heteroatoms. The van der Waals surface area contributed by atoms with Crippen LogP contribution in [0.2, 0.25) is 0 Å². The number of benzene rings is 2. The third-order valence-corrected chi connectivity index (χ3v) is 8.62. The number of hydrogen-bond donors (Lipinski definition) is 1. The summed E-state index contributed by atoms with van der Waals surface area (Å²) in [4.78, 5) is 35.8. The lowest BCUT2D eigenvalue weighted by Crippen LogP contribution is -2.49. The maximum atomic E-state index is 14.4. The first-order chi connectivity index (χ1) is 20.8. The Bertz CT molecular complexity index is 1610. The Morgan fingerprint density at radius 1 is 1.16 bits per heavy atom. The average molecular weight is 581 g/mol. The molecule has 9 nitrogen and oxygen atoms in total. The summed E-state index contributed by atoms with van der Waals surface area (Å²) < 4.78 is 20.6. The van der Waals surface area contributed by atoms with Crippen LogP contribution in [-0.4, -0.2) is 58.8 Å². The van der Waals surface area contributed by atoms with Crippen LogP contribution in [0.15, 0.2) is 67.0 Å². The van der Waals surface area contributed by atoms with Gasteiger partial charge < -0.3 is 19.9 Å². The molecule has 6 rings (SSSR count). The van der Waals surface area contributed by atoms with Gasteiger partial charge in [-0.05, 0) is 49.1 Å². The third-order valence-electron chi connectivity index (χ3n) is 8.62. The van der Waals surface area contributed by atoms with E-state index in [-0.39, 0.29) is 23.4 Å². The number of piperidine rings is 1. The van der Waals surface area contributed by atoms with Gasteiger partial charge in [0.05, 0.1) is 12.1 Å². The van der Waals surface area contributed by atoms with Gasteiger partial charge in [-0.3, -0.25) is 14.5 Å². The summed E-state index contributed by atoms with van der Waals surface area (Å²) in [5.74, 6) is 0.143. The van der Waals surface area contributed by atoms with Crippen LogP contribution >= 0.6 is 0 Å². The topological polar surface area (TPSA) is 102 Å². The highest BCUT2D eigenvalue weighted by atomic mass is 19.1. The zero-order valence-corrected chi connectivity index (χ0v) is 24.1.